The molecule has 0 heterocycles. The SMILES string of the molecule is NOCc1ccc([N+](=O)[O-])cc1Br. The first kappa shape index (κ1) is 10.1. The summed E-state index contributed by atoms with van der Waals surface area (Å²) < 4.78 is 0.618. The van der Waals surface area contributed by atoms with Gasteiger partial charge in [0.2, 0.25) is 0 Å². The Bertz CT molecular complexity index is 330. The van der Waals surface area contributed by atoms with Crippen LogP contribution in [0.25, 0.3) is 0 Å². The lowest BCUT2D eigenvalue weighted by Crippen LogP contribution is -2.00. The van der Waals surface area contributed by atoms with Gasteiger partial charge in [0, 0.05) is 16.6 Å². The topological polar surface area (TPSA) is 78.4 Å². The Morgan fingerprint density at radius 2 is 2.31 bits per heavy atom. The monoisotopic (exact) mass is 246 g/mol. The predicted molar refractivity (Wildman–Crippen MR) is 49.8 cm³/mol. The maximum atomic E-state index is 10.4. The first-order valence-electron chi connectivity index (χ1n) is 3.39. The van der Waals surface area contributed by atoms with Crippen molar-refractivity contribution in [1.29, 1.82) is 0 Å². The predicted octanol–water partition coefficient (Wildman–Crippen LogP) is 1.75. The van der Waals surface area contributed by atoms with Gasteiger partial charge < -0.3 is 0 Å². The lowest BCUT2D eigenvalue weighted by Gasteiger charge is -2.01. The van der Waals surface area contributed by atoms with E-state index in [1.54, 1.807) is 6.07 Å². The van der Waals surface area contributed by atoms with Gasteiger partial charge in [0.25, 0.3) is 5.69 Å². The van der Waals surface area contributed by atoms with E-state index in [1.165, 1.54) is 12.1 Å². The molecule has 1 rings (SSSR count). The molecule has 0 aliphatic rings. The van der Waals surface area contributed by atoms with Crippen molar-refractivity contribution in [2.24, 2.45) is 5.90 Å². The molecule has 0 aliphatic carbocycles. The molecule has 0 saturated carbocycles. The third-order valence-electron chi connectivity index (χ3n) is 1.49. The molecule has 0 amide bonds. The minimum atomic E-state index is -0.460. The number of non-ortho nitro benzene ring substituents is 1. The molecule has 0 atom stereocenters. The maximum absolute atomic E-state index is 10.4. The van der Waals surface area contributed by atoms with Crippen LogP contribution in [0.5, 0.6) is 0 Å². The van der Waals surface area contributed by atoms with Crippen LogP contribution in [0.2, 0.25) is 0 Å². The number of nitrogens with two attached hydrogens (primary N) is 1. The molecule has 0 fully saturated rings. The lowest BCUT2D eigenvalue weighted by molar-refractivity contribution is -0.384. The molecule has 5 nitrogen and oxygen atoms in total. The summed E-state index contributed by atoms with van der Waals surface area (Å²) in [4.78, 5) is 14.3. The number of hydrogen-bond donors (Lipinski definition) is 1. The van der Waals surface area contributed by atoms with Gasteiger partial charge in [-0.3, -0.25) is 15.0 Å². The van der Waals surface area contributed by atoms with E-state index >= 15 is 0 Å². The van der Waals surface area contributed by atoms with Crippen LogP contribution in [0.3, 0.4) is 0 Å². The Balaban J connectivity index is 2.98. The van der Waals surface area contributed by atoms with Crippen molar-refractivity contribution < 1.29 is 9.76 Å². The average molecular weight is 247 g/mol. The number of halogens is 1. The third-order valence-corrected chi connectivity index (χ3v) is 2.22. The minimum absolute atomic E-state index is 0.0349. The van der Waals surface area contributed by atoms with Crippen LogP contribution in [0.15, 0.2) is 22.7 Å². The van der Waals surface area contributed by atoms with Crippen LogP contribution in [0, 0.1) is 10.1 Å². The molecule has 0 radical (unpaired) electrons. The second-order valence-corrected chi connectivity index (χ2v) is 3.20. The normalized spacial score (nSPS) is 10.0. The Hall–Kier alpha value is -0.980. The molecule has 70 valence electrons. The molecule has 1 aromatic rings. The van der Waals surface area contributed by atoms with Crippen molar-refractivity contribution in [1.82, 2.24) is 0 Å². The highest BCUT2D eigenvalue weighted by molar-refractivity contribution is 9.10. The van der Waals surface area contributed by atoms with Crippen molar-refractivity contribution in [3.05, 3.63) is 38.3 Å². The number of hydrogen-bond acceptors (Lipinski definition) is 4. The fourth-order valence-electron chi connectivity index (χ4n) is 0.857. The molecular formula is C7H7BrN2O3. The maximum Gasteiger partial charge on any atom is 0.270 e. The number of benzene rings is 1. The minimum Gasteiger partial charge on any atom is -0.300 e. The molecule has 1 aromatic carbocycles. The molecule has 6 heteroatoms. The highest BCUT2D eigenvalue weighted by Crippen LogP contribution is 2.23. The van der Waals surface area contributed by atoms with E-state index in [2.05, 4.69) is 20.8 Å². The smallest absolute Gasteiger partial charge is 0.270 e. The highest BCUT2D eigenvalue weighted by Gasteiger charge is 2.08. The van der Waals surface area contributed by atoms with Crippen LogP contribution in [-0.2, 0) is 11.4 Å². The van der Waals surface area contributed by atoms with E-state index in [4.69, 9.17) is 5.90 Å². The van der Waals surface area contributed by atoms with Crippen molar-refractivity contribution in [3.8, 4) is 0 Å². The fraction of sp³-hybridized carbons (Fsp3) is 0.143. The van der Waals surface area contributed by atoms with Crippen LogP contribution in [0.4, 0.5) is 5.69 Å². The van der Waals surface area contributed by atoms with E-state index in [9.17, 15) is 10.1 Å². The summed E-state index contributed by atoms with van der Waals surface area (Å²) in [5.74, 6) is 4.87. The summed E-state index contributed by atoms with van der Waals surface area (Å²) in [6, 6.07) is 4.41. The van der Waals surface area contributed by atoms with Crippen molar-refractivity contribution >= 4 is 21.6 Å². The third kappa shape index (κ3) is 2.48. The number of nitro groups is 1. The molecule has 0 spiro atoms. The van der Waals surface area contributed by atoms with E-state index < -0.39 is 4.92 Å². The summed E-state index contributed by atoms with van der Waals surface area (Å²) in [5.41, 5.74) is 0.806. The quantitative estimate of drug-likeness (QED) is 0.651. The molecule has 0 bridgehead atoms. The largest absolute Gasteiger partial charge is 0.300 e. The van der Waals surface area contributed by atoms with Gasteiger partial charge in [-0.2, -0.15) is 0 Å². The molecule has 0 aromatic heterocycles. The Morgan fingerprint density at radius 3 is 2.77 bits per heavy atom. The van der Waals surface area contributed by atoms with Crippen LogP contribution in [0.1, 0.15) is 5.56 Å². The summed E-state index contributed by atoms with van der Waals surface area (Å²) >= 11 is 3.18. The van der Waals surface area contributed by atoms with E-state index in [0.717, 1.165) is 5.56 Å². The Morgan fingerprint density at radius 1 is 1.62 bits per heavy atom. The lowest BCUT2D eigenvalue weighted by atomic mass is 10.2. The summed E-state index contributed by atoms with van der Waals surface area (Å²) in [7, 11) is 0. The Kier molecular flexibility index (Phi) is 3.35. The van der Waals surface area contributed by atoms with E-state index in [-0.39, 0.29) is 12.3 Å². The first-order chi connectivity index (χ1) is 6.15. The summed E-state index contributed by atoms with van der Waals surface area (Å²) in [5, 5.41) is 10.4. The molecule has 0 unspecified atom stereocenters. The van der Waals surface area contributed by atoms with E-state index in [1.807, 2.05) is 0 Å². The van der Waals surface area contributed by atoms with Gasteiger partial charge in [-0.15, -0.1) is 0 Å². The summed E-state index contributed by atoms with van der Waals surface area (Å²) in [6.45, 7) is 0.221. The van der Waals surface area contributed by atoms with Crippen molar-refractivity contribution in [2.75, 3.05) is 0 Å². The van der Waals surface area contributed by atoms with Gasteiger partial charge in [-0.1, -0.05) is 15.9 Å². The molecule has 0 saturated heterocycles. The Labute approximate surface area is 82.7 Å². The number of rotatable bonds is 3. The summed E-state index contributed by atoms with van der Waals surface area (Å²) in [6.07, 6.45) is 0. The number of nitrogens with zero attached hydrogens (tertiary/aromatic N) is 1. The van der Waals surface area contributed by atoms with E-state index in [0.29, 0.717) is 4.47 Å². The first-order valence-corrected chi connectivity index (χ1v) is 4.19. The zero-order valence-corrected chi connectivity index (χ0v) is 8.15. The standard InChI is InChI=1S/C7H7BrN2O3/c8-7-3-6(10(11)12)2-1-5(7)4-13-9/h1-3H,4,9H2. The molecule has 2 N–H and O–H groups in total. The fourth-order valence-corrected chi connectivity index (χ4v) is 1.34. The highest BCUT2D eigenvalue weighted by atomic mass is 79.9. The van der Waals surface area contributed by atoms with Crippen LogP contribution >= 0.6 is 15.9 Å². The van der Waals surface area contributed by atoms with Crippen LogP contribution < -0.4 is 5.90 Å². The zero-order chi connectivity index (χ0) is 9.84. The number of nitro benzene ring substituents is 1. The van der Waals surface area contributed by atoms with Gasteiger partial charge >= 0.3 is 0 Å². The molecule has 13 heavy (non-hydrogen) atoms. The van der Waals surface area contributed by atoms with Gasteiger partial charge in [0.05, 0.1) is 11.5 Å². The van der Waals surface area contributed by atoms with Gasteiger partial charge in [-0.05, 0) is 11.6 Å². The second-order valence-electron chi connectivity index (χ2n) is 2.34. The molecule has 0 aliphatic heterocycles. The molecular weight excluding hydrogens is 240 g/mol. The van der Waals surface area contributed by atoms with Gasteiger partial charge in [0.15, 0.2) is 0 Å². The van der Waals surface area contributed by atoms with Gasteiger partial charge in [-0.25, -0.2) is 5.90 Å². The van der Waals surface area contributed by atoms with Gasteiger partial charge in [0.1, 0.15) is 0 Å². The second kappa shape index (κ2) is 4.31. The zero-order valence-electron chi connectivity index (χ0n) is 6.57. The average Bonchev–Trinajstić information content (AvgIpc) is 2.08. The van der Waals surface area contributed by atoms with Crippen molar-refractivity contribution in [2.45, 2.75) is 6.61 Å². The van der Waals surface area contributed by atoms with Crippen molar-refractivity contribution in [3.63, 3.8) is 0 Å². The van der Waals surface area contributed by atoms with Crippen LogP contribution in [-0.4, -0.2) is 4.92 Å².